The summed E-state index contributed by atoms with van der Waals surface area (Å²) < 4.78 is 0. The number of carbonyl (C=O) groups excluding carboxylic acids is 1. The van der Waals surface area contributed by atoms with E-state index in [2.05, 4.69) is 35.2 Å². The van der Waals surface area contributed by atoms with Gasteiger partial charge in [-0.2, -0.15) is 0 Å². The Hall–Kier alpha value is -1.93. The minimum absolute atomic E-state index is 0.0409. The Kier molecular flexibility index (Phi) is 3.34. The summed E-state index contributed by atoms with van der Waals surface area (Å²) >= 11 is 0. The topological polar surface area (TPSA) is 20.1 Å². The van der Waals surface area contributed by atoms with Crippen LogP contribution in [0.25, 0.3) is 0 Å². The molecular weight excluding hydrogens is 294 g/mol. The second-order valence-electron chi connectivity index (χ2n) is 7.72. The molecule has 122 valence electrons. The fraction of sp³-hybridized carbons (Fsp3) is 0.409. The highest BCUT2D eigenvalue weighted by atomic mass is 16.1. The number of rotatable bonds is 4. The molecule has 3 aliphatic rings. The molecule has 0 aromatic heterocycles. The molecule has 24 heavy (non-hydrogen) atoms. The molecule has 5 unspecified atom stereocenters. The maximum absolute atomic E-state index is 13.1. The lowest BCUT2D eigenvalue weighted by Crippen LogP contribution is -2.29. The van der Waals surface area contributed by atoms with Crippen molar-refractivity contribution in [3.8, 4) is 0 Å². The normalized spacial score (nSPS) is 36.7. The largest absolute Gasteiger partial charge is 0.292 e. The van der Waals surface area contributed by atoms with Crippen molar-refractivity contribution in [2.24, 2.45) is 11.8 Å². The van der Waals surface area contributed by atoms with Crippen molar-refractivity contribution in [2.75, 3.05) is 0 Å². The van der Waals surface area contributed by atoms with Gasteiger partial charge in [-0.05, 0) is 36.7 Å². The van der Waals surface area contributed by atoms with Gasteiger partial charge < -0.3 is 0 Å². The van der Waals surface area contributed by atoms with E-state index in [1.165, 1.54) is 31.2 Å². The zero-order valence-electron chi connectivity index (χ0n) is 13.8. The van der Waals surface area contributed by atoms with E-state index in [0.717, 1.165) is 17.4 Å². The molecule has 2 aromatic carbocycles. The molecule has 1 saturated heterocycles. The Morgan fingerprint density at radius 2 is 1.58 bits per heavy atom. The molecule has 2 nitrogen and oxygen atoms in total. The van der Waals surface area contributed by atoms with Crippen molar-refractivity contribution in [2.45, 2.75) is 43.8 Å². The van der Waals surface area contributed by atoms with E-state index >= 15 is 0 Å². The average molecular weight is 317 g/mol. The number of carbonyl (C=O) groups is 1. The lowest BCUT2D eigenvalue weighted by atomic mass is 9.95. The average Bonchev–Trinajstić information content (AvgIpc) is 3.00. The van der Waals surface area contributed by atoms with E-state index in [4.69, 9.17) is 0 Å². The number of ketones is 1. The van der Waals surface area contributed by atoms with Crippen molar-refractivity contribution in [3.05, 3.63) is 71.8 Å². The van der Waals surface area contributed by atoms with E-state index in [0.29, 0.717) is 11.8 Å². The summed E-state index contributed by atoms with van der Waals surface area (Å²) in [5, 5.41) is 0. The summed E-state index contributed by atoms with van der Waals surface area (Å²) in [6.45, 7) is 0. The van der Waals surface area contributed by atoms with E-state index < -0.39 is 0 Å². The third-order valence-corrected chi connectivity index (χ3v) is 6.40. The summed E-state index contributed by atoms with van der Waals surface area (Å²) in [7, 11) is 0. The van der Waals surface area contributed by atoms with Crippen molar-refractivity contribution in [1.82, 2.24) is 4.90 Å². The fourth-order valence-corrected chi connectivity index (χ4v) is 5.29. The molecular formula is C22H23NO. The van der Waals surface area contributed by atoms with Crippen LogP contribution in [0.5, 0.6) is 0 Å². The van der Waals surface area contributed by atoms with Gasteiger partial charge in [0, 0.05) is 11.6 Å². The summed E-state index contributed by atoms with van der Waals surface area (Å²) in [6, 6.07) is 21.4. The maximum Gasteiger partial charge on any atom is 0.181 e. The number of nitrogens with zero attached hydrogens (tertiary/aromatic N) is 1. The van der Waals surface area contributed by atoms with E-state index in [9.17, 15) is 4.79 Å². The number of Topliss-reactive ketones (excluding diaryl/α,β-unsaturated/α-hetero) is 1. The molecule has 2 bridgehead atoms. The van der Waals surface area contributed by atoms with Gasteiger partial charge in [-0.25, -0.2) is 0 Å². The first kappa shape index (κ1) is 14.4. The second kappa shape index (κ2) is 5.56. The van der Waals surface area contributed by atoms with E-state index in [1.54, 1.807) is 0 Å². The highest BCUT2D eigenvalue weighted by molar-refractivity contribution is 6.02. The number of hydrogen-bond acceptors (Lipinski definition) is 2. The van der Waals surface area contributed by atoms with E-state index in [1.807, 2.05) is 30.3 Å². The molecule has 2 heteroatoms. The van der Waals surface area contributed by atoms with Gasteiger partial charge in [0.15, 0.2) is 5.78 Å². The van der Waals surface area contributed by atoms with Gasteiger partial charge in [0.25, 0.3) is 0 Å². The second-order valence-corrected chi connectivity index (χ2v) is 7.72. The predicted molar refractivity (Wildman–Crippen MR) is 94.8 cm³/mol. The van der Waals surface area contributed by atoms with Gasteiger partial charge in [0.1, 0.15) is 0 Å². The van der Waals surface area contributed by atoms with Crippen LogP contribution in [-0.2, 0) is 0 Å². The third kappa shape index (κ3) is 2.24. The van der Waals surface area contributed by atoms with E-state index in [-0.39, 0.29) is 12.1 Å². The molecule has 1 aliphatic heterocycles. The minimum atomic E-state index is 0.0409. The molecule has 2 aromatic rings. The Bertz CT molecular complexity index is 741. The highest BCUT2D eigenvalue weighted by Crippen LogP contribution is 2.56. The lowest BCUT2D eigenvalue weighted by Gasteiger charge is -2.24. The third-order valence-electron chi connectivity index (χ3n) is 6.40. The first-order valence-electron chi connectivity index (χ1n) is 9.24. The Balaban J connectivity index is 1.46. The van der Waals surface area contributed by atoms with Crippen LogP contribution >= 0.6 is 0 Å². The number of hydrogen-bond donors (Lipinski definition) is 0. The molecule has 6 atom stereocenters. The summed E-state index contributed by atoms with van der Waals surface area (Å²) in [5.41, 5.74) is 2.16. The van der Waals surface area contributed by atoms with Crippen molar-refractivity contribution >= 4 is 5.78 Å². The standard InChI is InChI=1S/C22H23NO/c24-22(17-9-5-2-6-10-17)21-20(16-7-3-1-4-8-16)23(21)19-14-15-11-12-18(19)13-15/h1-10,15,18-21H,11-14H2/t15?,18?,19-,20?,21?,23?/m0/s1. The van der Waals surface area contributed by atoms with Crippen molar-refractivity contribution in [3.63, 3.8) is 0 Å². The molecule has 5 rings (SSSR count). The Morgan fingerprint density at radius 3 is 2.21 bits per heavy atom. The van der Waals surface area contributed by atoms with Crippen LogP contribution in [0.3, 0.4) is 0 Å². The van der Waals surface area contributed by atoms with Crippen LogP contribution in [-0.4, -0.2) is 22.8 Å². The van der Waals surface area contributed by atoms with Gasteiger partial charge in [0.2, 0.25) is 0 Å². The first-order chi connectivity index (χ1) is 11.8. The molecule has 0 N–H and O–H groups in total. The fourth-order valence-electron chi connectivity index (χ4n) is 5.29. The zero-order chi connectivity index (χ0) is 16.1. The van der Waals surface area contributed by atoms with Crippen LogP contribution in [0.2, 0.25) is 0 Å². The molecule has 1 heterocycles. The molecule has 0 radical (unpaired) electrons. The Morgan fingerprint density at radius 1 is 0.875 bits per heavy atom. The molecule has 0 spiro atoms. The van der Waals surface area contributed by atoms with Gasteiger partial charge in [-0.3, -0.25) is 9.69 Å². The van der Waals surface area contributed by atoms with Gasteiger partial charge in [-0.1, -0.05) is 67.1 Å². The van der Waals surface area contributed by atoms with Crippen LogP contribution in [0, 0.1) is 11.8 Å². The summed E-state index contributed by atoms with van der Waals surface area (Å²) in [6.07, 6.45) is 5.45. The first-order valence-corrected chi connectivity index (χ1v) is 9.24. The quantitative estimate of drug-likeness (QED) is 0.612. The number of benzene rings is 2. The van der Waals surface area contributed by atoms with Gasteiger partial charge in [0.05, 0.1) is 12.1 Å². The van der Waals surface area contributed by atoms with Crippen LogP contribution < -0.4 is 0 Å². The lowest BCUT2D eigenvalue weighted by molar-refractivity contribution is 0.0960. The van der Waals surface area contributed by atoms with Crippen molar-refractivity contribution in [1.29, 1.82) is 0 Å². The molecule has 2 aliphatic carbocycles. The highest BCUT2D eigenvalue weighted by Gasteiger charge is 2.59. The predicted octanol–water partition coefficient (Wildman–Crippen LogP) is 4.48. The van der Waals surface area contributed by atoms with Gasteiger partial charge in [-0.15, -0.1) is 0 Å². The Labute approximate surface area is 143 Å². The maximum atomic E-state index is 13.1. The molecule has 2 saturated carbocycles. The summed E-state index contributed by atoms with van der Waals surface area (Å²) in [5.74, 6) is 2.02. The van der Waals surface area contributed by atoms with Gasteiger partial charge >= 0.3 is 0 Å². The van der Waals surface area contributed by atoms with Crippen molar-refractivity contribution < 1.29 is 4.79 Å². The molecule has 0 amide bonds. The monoisotopic (exact) mass is 317 g/mol. The van der Waals surface area contributed by atoms with Crippen LogP contribution in [0.15, 0.2) is 60.7 Å². The van der Waals surface area contributed by atoms with Crippen LogP contribution in [0.4, 0.5) is 0 Å². The minimum Gasteiger partial charge on any atom is -0.292 e. The summed E-state index contributed by atoms with van der Waals surface area (Å²) in [4.78, 5) is 15.7. The SMILES string of the molecule is O=C(c1ccccc1)C1C(c2ccccc2)N1[C@H]1CC2CCC1C2. The number of fused-ring (bicyclic) bond motifs is 2. The molecule has 3 fully saturated rings. The smallest absolute Gasteiger partial charge is 0.181 e. The zero-order valence-corrected chi connectivity index (χ0v) is 13.8. The van der Waals surface area contributed by atoms with Crippen LogP contribution in [0.1, 0.15) is 47.6 Å².